The lowest BCUT2D eigenvalue weighted by molar-refractivity contribution is -0.118. The van der Waals surface area contributed by atoms with Crippen molar-refractivity contribution in [1.29, 1.82) is 0 Å². The van der Waals surface area contributed by atoms with E-state index >= 15 is 0 Å². The van der Waals surface area contributed by atoms with Gasteiger partial charge in [-0.05, 0) is 36.2 Å². The fourth-order valence-electron chi connectivity index (χ4n) is 2.50. The van der Waals surface area contributed by atoms with Gasteiger partial charge in [-0.25, -0.2) is 0 Å². The third-order valence-electron chi connectivity index (χ3n) is 3.56. The van der Waals surface area contributed by atoms with Gasteiger partial charge in [0.15, 0.2) is 5.78 Å². The van der Waals surface area contributed by atoms with Crippen LogP contribution in [0.5, 0.6) is 0 Å². The predicted molar refractivity (Wildman–Crippen MR) is 91.8 cm³/mol. The Hall–Kier alpha value is 0.0600. The second-order valence-electron chi connectivity index (χ2n) is 4.91. The summed E-state index contributed by atoms with van der Waals surface area (Å²) >= 11 is 7.37. The molecule has 0 N–H and O–H groups in total. The van der Waals surface area contributed by atoms with Gasteiger partial charge in [-0.3, -0.25) is 9.48 Å². The number of carbonyl (C=O) groups is 1. The molecule has 1 aromatic heterocycles. The second-order valence-corrected chi connectivity index (χ2v) is 8.30. The van der Waals surface area contributed by atoms with Gasteiger partial charge in [0.05, 0.1) is 27.5 Å². The van der Waals surface area contributed by atoms with Crippen LogP contribution in [0.1, 0.15) is 31.7 Å². The van der Waals surface area contributed by atoms with Crippen LogP contribution in [0.2, 0.25) is 0 Å². The van der Waals surface area contributed by atoms with E-state index in [9.17, 15) is 4.79 Å². The van der Waals surface area contributed by atoms with Gasteiger partial charge in [0.25, 0.3) is 0 Å². The van der Waals surface area contributed by atoms with Crippen molar-refractivity contribution in [2.75, 3.05) is 11.5 Å². The lowest BCUT2D eigenvalue weighted by Crippen LogP contribution is -2.34. The molecule has 0 aliphatic carbocycles. The lowest BCUT2D eigenvalue weighted by atomic mass is 10.1. The summed E-state index contributed by atoms with van der Waals surface area (Å²) in [5.74, 6) is 2.61. The number of rotatable bonds is 5. The van der Waals surface area contributed by atoms with E-state index in [1.54, 1.807) is 0 Å². The Morgan fingerprint density at radius 1 is 1.40 bits per heavy atom. The molecule has 1 aromatic rings. The van der Waals surface area contributed by atoms with E-state index in [4.69, 9.17) is 0 Å². The third kappa shape index (κ3) is 3.45. The van der Waals surface area contributed by atoms with Crippen LogP contribution in [-0.2, 0) is 17.8 Å². The molecule has 1 saturated heterocycles. The molecule has 20 heavy (non-hydrogen) atoms. The van der Waals surface area contributed by atoms with Crippen LogP contribution < -0.4 is 0 Å². The standard InChI is InChI=1S/C14H21BrN2OS2/c1-4-12-14(20-7-6-19-12)11(18)8-10-13(15)9(3)16-17(10)5-2/h12,14H,4-8H2,1-3H3. The normalized spacial score (nSPS) is 23.0. The van der Waals surface area contributed by atoms with Crippen LogP contribution in [0.3, 0.4) is 0 Å². The van der Waals surface area contributed by atoms with Gasteiger partial charge in [0, 0.05) is 23.3 Å². The number of Topliss-reactive ketones (excluding diaryl/α,β-unsaturated/α-hetero) is 1. The number of halogens is 1. The van der Waals surface area contributed by atoms with Crippen LogP contribution in [-0.4, -0.2) is 37.6 Å². The van der Waals surface area contributed by atoms with Crippen molar-refractivity contribution in [3.63, 3.8) is 0 Å². The van der Waals surface area contributed by atoms with Gasteiger partial charge < -0.3 is 0 Å². The van der Waals surface area contributed by atoms with Gasteiger partial charge in [-0.2, -0.15) is 16.9 Å². The molecule has 2 heterocycles. The Kier molecular flexibility index (Phi) is 6.05. The fourth-order valence-corrected chi connectivity index (χ4v) is 5.97. The molecule has 2 atom stereocenters. The van der Waals surface area contributed by atoms with E-state index in [1.165, 1.54) is 5.75 Å². The number of aromatic nitrogens is 2. The monoisotopic (exact) mass is 376 g/mol. The Labute approximate surface area is 137 Å². The van der Waals surface area contributed by atoms with Crippen LogP contribution in [0.25, 0.3) is 0 Å². The molecule has 0 spiro atoms. The molecule has 0 amide bonds. The summed E-state index contributed by atoms with van der Waals surface area (Å²) in [4.78, 5) is 12.7. The first-order valence-corrected chi connectivity index (χ1v) is 9.95. The third-order valence-corrected chi connectivity index (χ3v) is 7.89. The van der Waals surface area contributed by atoms with E-state index in [2.05, 4.69) is 34.9 Å². The average molecular weight is 377 g/mol. The summed E-state index contributed by atoms with van der Waals surface area (Å²) in [5, 5.41) is 5.09. The lowest BCUT2D eigenvalue weighted by Gasteiger charge is -2.28. The van der Waals surface area contributed by atoms with Gasteiger partial charge >= 0.3 is 0 Å². The van der Waals surface area contributed by atoms with E-state index < -0.39 is 0 Å². The van der Waals surface area contributed by atoms with Gasteiger partial charge in [0.2, 0.25) is 0 Å². The number of aryl methyl sites for hydroxylation is 2. The van der Waals surface area contributed by atoms with Crippen molar-refractivity contribution < 1.29 is 4.79 Å². The zero-order valence-electron chi connectivity index (χ0n) is 12.2. The van der Waals surface area contributed by atoms with Gasteiger partial charge in [0.1, 0.15) is 0 Å². The maximum atomic E-state index is 12.7. The first-order valence-electron chi connectivity index (χ1n) is 7.06. The number of ketones is 1. The largest absolute Gasteiger partial charge is 0.298 e. The molecule has 1 fully saturated rings. The highest BCUT2D eigenvalue weighted by molar-refractivity contribution is 9.10. The molecule has 6 heteroatoms. The van der Waals surface area contributed by atoms with Crippen molar-refractivity contribution >= 4 is 45.2 Å². The van der Waals surface area contributed by atoms with Crippen LogP contribution in [0.15, 0.2) is 4.47 Å². The van der Waals surface area contributed by atoms with Crippen LogP contribution in [0, 0.1) is 6.92 Å². The summed E-state index contributed by atoms with van der Waals surface area (Å²) in [6.45, 7) is 7.02. The fraction of sp³-hybridized carbons (Fsp3) is 0.714. The topological polar surface area (TPSA) is 34.9 Å². The molecule has 0 saturated carbocycles. The SMILES string of the molecule is CCC1SCCSC1C(=O)Cc1c(Br)c(C)nn1CC. The highest BCUT2D eigenvalue weighted by Crippen LogP contribution is 2.35. The quantitative estimate of drug-likeness (QED) is 0.784. The Morgan fingerprint density at radius 3 is 2.75 bits per heavy atom. The van der Waals surface area contributed by atoms with Crippen molar-refractivity contribution in [2.45, 2.75) is 50.7 Å². The van der Waals surface area contributed by atoms with Crippen molar-refractivity contribution in [3.05, 3.63) is 15.9 Å². The maximum Gasteiger partial charge on any atom is 0.152 e. The number of hydrogen-bond donors (Lipinski definition) is 0. The van der Waals surface area contributed by atoms with E-state index in [1.807, 2.05) is 35.1 Å². The molecule has 2 unspecified atom stereocenters. The van der Waals surface area contributed by atoms with Crippen molar-refractivity contribution in [3.8, 4) is 0 Å². The maximum absolute atomic E-state index is 12.7. The van der Waals surface area contributed by atoms with Crippen LogP contribution >= 0.6 is 39.5 Å². The van der Waals surface area contributed by atoms with Crippen LogP contribution in [0.4, 0.5) is 0 Å². The average Bonchev–Trinajstić information content (AvgIpc) is 2.74. The number of nitrogens with zero attached hydrogens (tertiary/aromatic N) is 2. The number of carbonyl (C=O) groups excluding carboxylic acids is 1. The minimum Gasteiger partial charge on any atom is -0.298 e. The first-order chi connectivity index (χ1) is 9.58. The van der Waals surface area contributed by atoms with Crippen molar-refractivity contribution in [2.24, 2.45) is 0 Å². The van der Waals surface area contributed by atoms with Gasteiger partial charge in [-0.15, -0.1) is 11.8 Å². The molecular weight excluding hydrogens is 356 g/mol. The summed E-state index contributed by atoms with van der Waals surface area (Å²) < 4.78 is 2.94. The van der Waals surface area contributed by atoms with E-state index in [-0.39, 0.29) is 5.25 Å². The molecule has 1 aliphatic rings. The minimum atomic E-state index is 0.145. The predicted octanol–water partition coefficient (Wildman–Crippen LogP) is 3.71. The highest BCUT2D eigenvalue weighted by Gasteiger charge is 2.31. The van der Waals surface area contributed by atoms with Crippen molar-refractivity contribution in [1.82, 2.24) is 9.78 Å². The van der Waals surface area contributed by atoms with E-state index in [0.717, 1.165) is 34.6 Å². The molecule has 3 nitrogen and oxygen atoms in total. The molecule has 0 bridgehead atoms. The Balaban J connectivity index is 2.14. The molecule has 112 valence electrons. The molecule has 0 radical (unpaired) electrons. The molecule has 1 aliphatic heterocycles. The van der Waals surface area contributed by atoms with E-state index in [0.29, 0.717) is 17.5 Å². The number of hydrogen-bond acceptors (Lipinski definition) is 4. The second kappa shape index (κ2) is 7.36. The van der Waals surface area contributed by atoms with Gasteiger partial charge in [-0.1, -0.05) is 6.92 Å². The Bertz CT molecular complexity index is 490. The summed E-state index contributed by atoms with van der Waals surface area (Å²) in [7, 11) is 0. The molecule has 0 aromatic carbocycles. The molecular formula is C14H21BrN2OS2. The minimum absolute atomic E-state index is 0.145. The molecule has 2 rings (SSSR count). The zero-order valence-corrected chi connectivity index (χ0v) is 15.4. The smallest absolute Gasteiger partial charge is 0.152 e. The summed E-state index contributed by atoms with van der Waals surface area (Å²) in [6.07, 6.45) is 1.56. The zero-order chi connectivity index (χ0) is 14.7. The first kappa shape index (κ1) is 16.4. The highest BCUT2D eigenvalue weighted by atomic mass is 79.9. The Morgan fingerprint density at radius 2 is 2.10 bits per heavy atom. The summed E-state index contributed by atoms with van der Waals surface area (Å²) in [5.41, 5.74) is 1.99. The summed E-state index contributed by atoms with van der Waals surface area (Å²) in [6, 6.07) is 0. The number of thioether (sulfide) groups is 2.